The molecule has 2 aromatic rings. The summed E-state index contributed by atoms with van der Waals surface area (Å²) >= 11 is 0. The summed E-state index contributed by atoms with van der Waals surface area (Å²) in [7, 11) is 0. The van der Waals surface area contributed by atoms with E-state index in [9.17, 15) is 0 Å². The smallest absolute Gasteiger partial charge is 0.120 e. The fraction of sp³-hybridized carbons (Fsp3) is 0.500. The highest BCUT2D eigenvalue weighted by Crippen LogP contribution is 2.21. The number of hydrogen-bond acceptors (Lipinski definition) is 3. The number of fused-ring (bicyclic) bond motifs is 1. The van der Waals surface area contributed by atoms with Crippen molar-refractivity contribution in [2.75, 3.05) is 39.3 Å². The number of nitrogens with one attached hydrogen (secondary N) is 1. The number of benzene rings is 2. The number of hydrogen-bond donors (Lipinski definition) is 1. The van der Waals surface area contributed by atoms with E-state index in [2.05, 4.69) is 59.6 Å². The van der Waals surface area contributed by atoms with E-state index in [1.165, 1.54) is 43.2 Å². The molecule has 1 saturated heterocycles. The van der Waals surface area contributed by atoms with Crippen LogP contribution in [0.25, 0.3) is 10.8 Å². The van der Waals surface area contributed by atoms with Crippen molar-refractivity contribution in [1.82, 2.24) is 10.2 Å². The Kier molecular flexibility index (Phi) is 7.83. The molecule has 0 aliphatic carbocycles. The van der Waals surface area contributed by atoms with Crippen LogP contribution in [0.4, 0.5) is 0 Å². The quantitative estimate of drug-likeness (QED) is 0.819. The molecule has 0 spiro atoms. The van der Waals surface area contributed by atoms with E-state index in [1.54, 1.807) is 0 Å². The third-order valence-corrected chi connectivity index (χ3v) is 4.79. The van der Waals surface area contributed by atoms with E-state index in [-0.39, 0.29) is 12.4 Å². The maximum absolute atomic E-state index is 5.95. The van der Waals surface area contributed by atoms with Crippen LogP contribution >= 0.6 is 12.4 Å². The van der Waals surface area contributed by atoms with Gasteiger partial charge < -0.3 is 10.1 Å². The minimum Gasteiger partial charge on any atom is -0.492 e. The third-order valence-electron chi connectivity index (χ3n) is 4.79. The molecule has 4 heteroatoms. The lowest BCUT2D eigenvalue weighted by Gasteiger charge is -2.31. The van der Waals surface area contributed by atoms with Gasteiger partial charge in [-0.1, -0.05) is 37.3 Å². The molecule has 1 N–H and O–H groups in total. The van der Waals surface area contributed by atoms with Crippen LogP contribution in [-0.4, -0.2) is 44.2 Å². The maximum atomic E-state index is 5.95. The van der Waals surface area contributed by atoms with Gasteiger partial charge in [0, 0.05) is 6.54 Å². The first-order chi connectivity index (χ1) is 11.3. The molecule has 0 bridgehead atoms. The summed E-state index contributed by atoms with van der Waals surface area (Å²) in [4.78, 5) is 2.53. The minimum atomic E-state index is 0. The van der Waals surface area contributed by atoms with Gasteiger partial charge in [-0.2, -0.15) is 0 Å². The molecule has 1 heterocycles. The van der Waals surface area contributed by atoms with E-state index in [1.807, 2.05) is 0 Å². The fourth-order valence-corrected chi connectivity index (χ4v) is 3.31. The van der Waals surface area contributed by atoms with Crippen LogP contribution in [0.5, 0.6) is 5.75 Å². The summed E-state index contributed by atoms with van der Waals surface area (Å²) in [6.45, 7) is 8.66. The highest BCUT2D eigenvalue weighted by molar-refractivity contribution is 5.85. The largest absolute Gasteiger partial charge is 0.492 e. The number of piperidine rings is 1. The average molecular weight is 349 g/mol. The number of ether oxygens (including phenoxy) is 1. The first-order valence-corrected chi connectivity index (χ1v) is 8.90. The third kappa shape index (κ3) is 5.37. The van der Waals surface area contributed by atoms with E-state index < -0.39 is 0 Å². The van der Waals surface area contributed by atoms with Gasteiger partial charge in [0.25, 0.3) is 0 Å². The van der Waals surface area contributed by atoms with E-state index in [4.69, 9.17) is 4.74 Å². The Balaban J connectivity index is 0.00000208. The predicted molar refractivity (Wildman–Crippen MR) is 104 cm³/mol. The first-order valence-electron chi connectivity index (χ1n) is 8.90. The van der Waals surface area contributed by atoms with Crippen molar-refractivity contribution < 1.29 is 4.74 Å². The molecule has 1 fully saturated rings. The highest BCUT2D eigenvalue weighted by Gasteiger charge is 2.18. The van der Waals surface area contributed by atoms with Gasteiger partial charge in [0.15, 0.2) is 0 Å². The second-order valence-corrected chi connectivity index (χ2v) is 6.45. The fourth-order valence-electron chi connectivity index (χ4n) is 3.31. The Morgan fingerprint density at radius 3 is 2.58 bits per heavy atom. The lowest BCUT2D eigenvalue weighted by atomic mass is 9.97. The van der Waals surface area contributed by atoms with Crippen LogP contribution in [0.3, 0.4) is 0 Å². The Bertz CT molecular complexity index is 611. The lowest BCUT2D eigenvalue weighted by molar-refractivity contribution is 0.154. The van der Waals surface area contributed by atoms with Gasteiger partial charge in [-0.15, -0.1) is 12.4 Å². The summed E-state index contributed by atoms with van der Waals surface area (Å²) in [6, 6.07) is 14.8. The first kappa shape index (κ1) is 19.0. The van der Waals surface area contributed by atoms with Crippen molar-refractivity contribution in [3.05, 3.63) is 42.5 Å². The summed E-state index contributed by atoms with van der Waals surface area (Å²) in [5.74, 6) is 1.83. The molecule has 3 rings (SSSR count). The van der Waals surface area contributed by atoms with Crippen LogP contribution in [0.15, 0.2) is 42.5 Å². The summed E-state index contributed by atoms with van der Waals surface area (Å²) in [6.07, 6.45) is 2.62. The predicted octanol–water partition coefficient (Wildman–Crippen LogP) is 3.96. The maximum Gasteiger partial charge on any atom is 0.120 e. The molecule has 1 aliphatic rings. The molecular formula is C20H29ClN2O. The van der Waals surface area contributed by atoms with Crippen molar-refractivity contribution in [2.24, 2.45) is 5.92 Å². The molecular weight excluding hydrogens is 320 g/mol. The molecule has 24 heavy (non-hydrogen) atoms. The van der Waals surface area contributed by atoms with E-state index >= 15 is 0 Å². The highest BCUT2D eigenvalue weighted by atomic mass is 35.5. The van der Waals surface area contributed by atoms with E-state index in [0.29, 0.717) is 0 Å². The second-order valence-electron chi connectivity index (χ2n) is 6.45. The van der Waals surface area contributed by atoms with Gasteiger partial charge in [-0.05, 0) is 67.8 Å². The van der Waals surface area contributed by atoms with Crippen LogP contribution in [-0.2, 0) is 0 Å². The zero-order chi connectivity index (χ0) is 15.9. The molecule has 132 valence electrons. The Labute approximate surface area is 151 Å². The molecule has 0 aromatic heterocycles. The van der Waals surface area contributed by atoms with Crippen molar-refractivity contribution in [3.63, 3.8) is 0 Å². The molecule has 0 saturated carbocycles. The number of likely N-dealkylation sites (tertiary alicyclic amines) is 1. The summed E-state index contributed by atoms with van der Waals surface area (Å²) in [5, 5.41) is 5.98. The van der Waals surface area contributed by atoms with Crippen molar-refractivity contribution in [1.29, 1.82) is 0 Å². The summed E-state index contributed by atoms with van der Waals surface area (Å²) < 4.78 is 5.95. The van der Waals surface area contributed by atoms with Gasteiger partial charge in [0.2, 0.25) is 0 Å². The van der Waals surface area contributed by atoms with Crippen LogP contribution in [0.1, 0.15) is 19.8 Å². The second kappa shape index (κ2) is 9.87. The van der Waals surface area contributed by atoms with Crippen molar-refractivity contribution in [2.45, 2.75) is 19.8 Å². The van der Waals surface area contributed by atoms with Crippen LogP contribution in [0, 0.1) is 5.92 Å². The van der Waals surface area contributed by atoms with Gasteiger partial charge in [-0.3, -0.25) is 4.90 Å². The molecule has 1 aliphatic heterocycles. The van der Waals surface area contributed by atoms with Crippen molar-refractivity contribution >= 4 is 23.2 Å². The monoisotopic (exact) mass is 348 g/mol. The van der Waals surface area contributed by atoms with Crippen molar-refractivity contribution in [3.8, 4) is 5.75 Å². The Hall–Kier alpha value is -1.29. The number of halogens is 1. The van der Waals surface area contributed by atoms with Gasteiger partial charge in [-0.25, -0.2) is 0 Å². The van der Waals surface area contributed by atoms with Gasteiger partial charge in [0.1, 0.15) is 12.4 Å². The minimum absolute atomic E-state index is 0. The normalized spacial score (nSPS) is 16.0. The Morgan fingerprint density at radius 2 is 1.83 bits per heavy atom. The molecule has 3 nitrogen and oxygen atoms in total. The zero-order valence-corrected chi connectivity index (χ0v) is 15.4. The van der Waals surface area contributed by atoms with E-state index in [0.717, 1.165) is 31.4 Å². The van der Waals surface area contributed by atoms with Crippen LogP contribution in [0.2, 0.25) is 0 Å². The number of nitrogens with zero attached hydrogens (tertiary/aromatic N) is 1. The molecule has 0 amide bonds. The zero-order valence-electron chi connectivity index (χ0n) is 14.5. The molecule has 0 unspecified atom stereocenters. The molecule has 0 radical (unpaired) electrons. The summed E-state index contributed by atoms with van der Waals surface area (Å²) in [5.41, 5.74) is 0. The molecule has 0 atom stereocenters. The Morgan fingerprint density at radius 1 is 1.08 bits per heavy atom. The van der Waals surface area contributed by atoms with Crippen LogP contribution < -0.4 is 10.1 Å². The SMILES string of the molecule is CCNCC1CCN(CCOc2ccc3ccccc3c2)CC1.Cl. The van der Waals surface area contributed by atoms with Gasteiger partial charge >= 0.3 is 0 Å². The number of rotatable bonds is 7. The average Bonchev–Trinajstić information content (AvgIpc) is 2.61. The topological polar surface area (TPSA) is 24.5 Å². The molecule has 2 aromatic carbocycles. The lowest BCUT2D eigenvalue weighted by Crippen LogP contribution is -2.39. The van der Waals surface area contributed by atoms with Gasteiger partial charge in [0.05, 0.1) is 0 Å². The standard InChI is InChI=1S/C20H28N2O.ClH/c1-2-21-16-17-9-11-22(12-10-17)13-14-23-20-8-7-18-5-3-4-6-19(18)15-20;/h3-8,15,17,21H,2,9-14,16H2,1H3;1H.